The monoisotopic (exact) mass is 794 g/mol. The number of halogens is 8. The zero-order valence-electron chi connectivity index (χ0n) is 29.3. The number of hydrogen-bond donors (Lipinski definition) is 2. The van der Waals surface area contributed by atoms with E-state index in [4.69, 9.17) is 18.9 Å². The van der Waals surface area contributed by atoms with Crippen LogP contribution in [0.3, 0.4) is 0 Å². The zero-order chi connectivity index (χ0) is 40.4. The van der Waals surface area contributed by atoms with E-state index in [9.17, 15) is 54.3 Å². The molecular weight excluding hydrogens is 764 g/mol. The van der Waals surface area contributed by atoms with Crippen molar-refractivity contribution in [1.29, 1.82) is 0 Å². The van der Waals surface area contributed by atoms with E-state index in [2.05, 4.69) is 10.6 Å². The highest BCUT2D eigenvalue weighted by atomic mass is 19.3. The first kappa shape index (κ1) is 38.6. The maximum atomic E-state index is 14.6. The normalized spacial score (nSPS) is 25.2. The fourth-order valence-electron chi connectivity index (χ4n) is 7.69. The average Bonchev–Trinajstić information content (AvgIpc) is 3.86. The van der Waals surface area contributed by atoms with E-state index in [0.29, 0.717) is 0 Å². The number of hydrogen-bond acceptors (Lipinski definition) is 10. The smallest absolute Gasteiger partial charge is 0.337 e. The molecule has 10 nitrogen and oxygen atoms in total. The van der Waals surface area contributed by atoms with Crippen LogP contribution in [-0.4, -0.2) is 76.5 Å². The first-order chi connectivity index (χ1) is 26.6. The minimum absolute atomic E-state index is 0.00127. The van der Waals surface area contributed by atoms with Crippen LogP contribution >= 0.6 is 0 Å². The molecule has 0 saturated heterocycles. The lowest BCUT2D eigenvalue weighted by atomic mass is 9.78. The predicted molar refractivity (Wildman–Crippen MR) is 175 cm³/mol. The first-order valence-electron chi connectivity index (χ1n) is 17.0. The molecule has 0 spiro atoms. The highest BCUT2D eigenvalue weighted by Crippen LogP contribution is 2.60. The zero-order valence-corrected chi connectivity index (χ0v) is 29.3. The predicted octanol–water partition coefficient (Wildman–Crippen LogP) is 5.69. The van der Waals surface area contributed by atoms with Crippen molar-refractivity contribution in [3.05, 3.63) is 115 Å². The Bertz CT molecular complexity index is 2060. The highest BCUT2D eigenvalue weighted by Gasteiger charge is 2.61. The molecule has 2 aromatic carbocycles. The molecule has 6 aliphatic rings. The maximum Gasteiger partial charge on any atom is 0.337 e. The summed E-state index contributed by atoms with van der Waals surface area (Å²) < 4.78 is 131. The van der Waals surface area contributed by atoms with Gasteiger partial charge in [-0.15, -0.1) is 0 Å². The van der Waals surface area contributed by atoms with Crippen LogP contribution in [0.5, 0.6) is 0 Å². The Labute approximate surface area is 312 Å². The summed E-state index contributed by atoms with van der Waals surface area (Å²) in [4.78, 5) is 49.5. The molecule has 0 unspecified atom stereocenters. The van der Waals surface area contributed by atoms with Gasteiger partial charge in [-0.1, -0.05) is 24.3 Å². The third kappa shape index (κ3) is 6.37. The van der Waals surface area contributed by atoms with Gasteiger partial charge in [-0.3, -0.25) is 0 Å². The fraction of sp³-hybridized carbons (Fsp3) is 0.368. The Kier molecular flexibility index (Phi) is 9.73. The minimum atomic E-state index is -3.09. The third-order valence-corrected chi connectivity index (χ3v) is 10.4. The lowest BCUT2D eigenvalue weighted by Crippen LogP contribution is -2.32. The second kappa shape index (κ2) is 14.1. The molecule has 56 heavy (non-hydrogen) atoms. The summed E-state index contributed by atoms with van der Waals surface area (Å²) in [6, 6.07) is 7.38. The van der Waals surface area contributed by atoms with Crippen molar-refractivity contribution in [1.82, 2.24) is 10.6 Å². The van der Waals surface area contributed by atoms with Crippen LogP contribution in [0, 0.1) is 11.6 Å². The molecule has 4 heterocycles. The van der Waals surface area contributed by atoms with Crippen molar-refractivity contribution < 1.29 is 73.2 Å². The van der Waals surface area contributed by atoms with Gasteiger partial charge in [0, 0.05) is 24.0 Å². The number of nitrogens with one attached hydrogen (secondary N) is 2. The van der Waals surface area contributed by atoms with E-state index in [1.807, 2.05) is 0 Å². The summed E-state index contributed by atoms with van der Waals surface area (Å²) in [7, 11) is 2.14. The molecule has 2 fully saturated rings. The summed E-state index contributed by atoms with van der Waals surface area (Å²) in [6.07, 6.45) is -1.09. The second-order valence-corrected chi connectivity index (χ2v) is 13.6. The highest BCUT2D eigenvalue weighted by molar-refractivity contribution is 6.02. The first-order valence-corrected chi connectivity index (χ1v) is 17.0. The van der Waals surface area contributed by atoms with Crippen LogP contribution in [0.2, 0.25) is 0 Å². The van der Waals surface area contributed by atoms with E-state index < -0.39 is 97.2 Å². The number of benzene rings is 2. The number of rotatable bonds is 8. The Hall–Kier alpha value is -5.68. The van der Waals surface area contributed by atoms with Crippen molar-refractivity contribution in [2.24, 2.45) is 0 Å². The van der Waals surface area contributed by atoms with E-state index >= 15 is 0 Å². The van der Waals surface area contributed by atoms with Crippen molar-refractivity contribution >= 4 is 23.9 Å². The molecule has 8 rings (SSSR count). The van der Waals surface area contributed by atoms with Gasteiger partial charge < -0.3 is 29.6 Å². The quantitative estimate of drug-likeness (QED) is 0.196. The van der Waals surface area contributed by atoms with Gasteiger partial charge in [-0.2, -0.15) is 0 Å². The van der Waals surface area contributed by atoms with Gasteiger partial charge in [0.2, 0.25) is 0 Å². The van der Waals surface area contributed by atoms with Gasteiger partial charge in [-0.05, 0) is 23.3 Å². The molecular formula is C38H30F8N2O8. The number of alkyl halides is 6. The maximum absolute atomic E-state index is 14.6. The van der Waals surface area contributed by atoms with Crippen LogP contribution in [0.1, 0.15) is 58.8 Å². The summed E-state index contributed by atoms with van der Waals surface area (Å²) in [6.45, 7) is -2.58. The number of esters is 4. The van der Waals surface area contributed by atoms with Crippen molar-refractivity contribution in [3.63, 3.8) is 0 Å². The van der Waals surface area contributed by atoms with E-state index in [1.54, 1.807) is 0 Å². The summed E-state index contributed by atoms with van der Waals surface area (Å²) in [5, 5.41) is 5.30. The van der Waals surface area contributed by atoms with Gasteiger partial charge in [0.1, 0.15) is 38.2 Å². The van der Waals surface area contributed by atoms with Crippen LogP contribution in [0.25, 0.3) is 0 Å². The molecule has 0 amide bonds. The standard InChI is InChI=1S/2C19H15F4NO4/c2*1-27-17(25)15-11(6-20)24-12-7-28-18(26)16(12)14(15)8-3-2-4-10(21)13(8)9-5-19(9,22)23/h2*2-4,9,14,24H,5-7H2,1H3/t9-,14+;9-,14-/m10/s1. The topological polar surface area (TPSA) is 129 Å². The van der Waals surface area contributed by atoms with Crippen LogP contribution < -0.4 is 10.6 Å². The largest absolute Gasteiger partial charge is 0.466 e. The lowest BCUT2D eigenvalue weighted by molar-refractivity contribution is -0.138. The number of carbonyl (C=O) groups excluding carboxylic acids is 4. The molecule has 2 aromatic rings. The minimum Gasteiger partial charge on any atom is -0.466 e. The van der Waals surface area contributed by atoms with E-state index in [0.717, 1.165) is 26.4 Å². The van der Waals surface area contributed by atoms with E-state index in [1.165, 1.54) is 24.3 Å². The van der Waals surface area contributed by atoms with Crippen LogP contribution in [-0.2, 0) is 38.1 Å². The van der Waals surface area contributed by atoms with Crippen molar-refractivity contribution in [2.75, 3.05) is 40.8 Å². The van der Waals surface area contributed by atoms with Gasteiger partial charge in [0.05, 0.1) is 83.0 Å². The molecule has 296 valence electrons. The molecule has 2 saturated carbocycles. The number of methoxy groups -OCH3 is 2. The van der Waals surface area contributed by atoms with Gasteiger partial charge in [0.25, 0.3) is 11.8 Å². The van der Waals surface area contributed by atoms with Crippen molar-refractivity contribution in [3.8, 4) is 0 Å². The molecule has 4 atom stereocenters. The summed E-state index contributed by atoms with van der Waals surface area (Å²) in [5.41, 5.74) is -1.09. The molecule has 0 radical (unpaired) electrons. The van der Waals surface area contributed by atoms with Crippen LogP contribution in [0.15, 0.2) is 81.5 Å². The Morgan fingerprint density at radius 1 is 0.696 bits per heavy atom. The van der Waals surface area contributed by atoms with E-state index in [-0.39, 0.29) is 80.5 Å². The second-order valence-electron chi connectivity index (χ2n) is 13.6. The molecule has 4 aliphatic heterocycles. The Morgan fingerprint density at radius 3 is 1.36 bits per heavy atom. The lowest BCUT2D eigenvalue weighted by Gasteiger charge is -2.29. The third-order valence-electron chi connectivity index (χ3n) is 10.4. The molecule has 2 N–H and O–H groups in total. The average molecular weight is 795 g/mol. The van der Waals surface area contributed by atoms with Gasteiger partial charge in [-0.25, -0.2) is 54.3 Å². The molecule has 0 aromatic heterocycles. The Balaban J connectivity index is 0.000000172. The molecule has 18 heteroatoms. The summed E-state index contributed by atoms with van der Waals surface area (Å²) >= 11 is 0. The van der Waals surface area contributed by atoms with Gasteiger partial charge >= 0.3 is 23.9 Å². The number of allylic oxidation sites excluding steroid dienone is 2. The number of ether oxygens (including phenoxy) is 4. The number of cyclic esters (lactones) is 2. The fourth-order valence-corrected chi connectivity index (χ4v) is 7.69. The number of dihydropyridines is 2. The van der Waals surface area contributed by atoms with Gasteiger partial charge in [0.15, 0.2) is 0 Å². The molecule has 2 aliphatic carbocycles. The van der Waals surface area contributed by atoms with Crippen LogP contribution in [0.4, 0.5) is 35.1 Å². The Morgan fingerprint density at radius 2 is 1.05 bits per heavy atom. The molecule has 0 bridgehead atoms. The SMILES string of the molecule is COC(=O)C1=C(CF)NC2=C(C(=O)OC2)[C@H]1c1cccc(F)c1[C@@H]1CC1(F)F.COC(=O)C1=C(CF)NC2=C(C(=O)OC2)[C@H]1c1cccc(F)c1[C@H]1CC1(F)F. The summed E-state index contributed by atoms with van der Waals surface area (Å²) in [5.74, 6) is -16.7. The van der Waals surface area contributed by atoms with Crippen molar-refractivity contribution in [2.45, 2.75) is 48.4 Å². The number of carbonyl (C=O) groups is 4.